The Bertz CT molecular complexity index is 1060. The monoisotopic (exact) mass is 342 g/mol. The zero-order chi connectivity index (χ0) is 16.0. The Labute approximate surface area is 140 Å². The number of rotatable bonds is 3. The van der Waals surface area contributed by atoms with Crippen LogP contribution in [0.15, 0.2) is 35.1 Å². The quantitative estimate of drug-likeness (QED) is 0.618. The van der Waals surface area contributed by atoms with Gasteiger partial charge in [-0.05, 0) is 31.5 Å². The number of nitrogens with zero attached hydrogens (tertiary/aromatic N) is 3. The summed E-state index contributed by atoms with van der Waals surface area (Å²) in [5.74, 6) is 0. The van der Waals surface area contributed by atoms with Gasteiger partial charge < -0.3 is 5.32 Å². The van der Waals surface area contributed by atoms with Crippen molar-refractivity contribution >= 4 is 43.5 Å². The lowest BCUT2D eigenvalue weighted by atomic mass is 10.2. The van der Waals surface area contributed by atoms with E-state index in [0.717, 1.165) is 26.0 Å². The molecule has 0 spiro atoms. The van der Waals surface area contributed by atoms with Crippen molar-refractivity contribution in [3.8, 4) is 0 Å². The highest BCUT2D eigenvalue weighted by Crippen LogP contribution is 2.27. The lowest BCUT2D eigenvalue weighted by Crippen LogP contribution is -2.15. The zero-order valence-corrected chi connectivity index (χ0v) is 14.3. The van der Waals surface area contributed by atoms with E-state index < -0.39 is 0 Å². The molecule has 0 aliphatic heterocycles. The van der Waals surface area contributed by atoms with Gasteiger partial charge in [0.1, 0.15) is 9.84 Å². The zero-order valence-electron chi connectivity index (χ0n) is 12.7. The van der Waals surface area contributed by atoms with Crippen LogP contribution in [0.25, 0.3) is 15.2 Å². The van der Waals surface area contributed by atoms with E-state index in [1.807, 2.05) is 44.2 Å². The maximum absolute atomic E-state index is 12.7. The number of thiophene rings is 1. The Morgan fingerprint density at radius 3 is 2.74 bits per heavy atom. The fourth-order valence-electron chi connectivity index (χ4n) is 2.46. The van der Waals surface area contributed by atoms with E-state index in [1.54, 1.807) is 11.3 Å². The molecule has 3 aromatic heterocycles. The van der Waals surface area contributed by atoms with Crippen LogP contribution in [0.5, 0.6) is 0 Å². The molecular formula is C16H14N4OS2. The van der Waals surface area contributed by atoms with Crippen LogP contribution in [0.3, 0.4) is 0 Å². The summed E-state index contributed by atoms with van der Waals surface area (Å²) in [6, 6.07) is 9.93. The van der Waals surface area contributed by atoms with Gasteiger partial charge in [-0.15, -0.1) is 11.3 Å². The first-order valence-corrected chi connectivity index (χ1v) is 8.84. The van der Waals surface area contributed by atoms with Crippen LogP contribution in [-0.2, 0) is 6.54 Å². The molecule has 0 fully saturated rings. The number of hydrogen-bond donors (Lipinski definition) is 1. The van der Waals surface area contributed by atoms with Crippen LogP contribution in [0, 0.1) is 13.8 Å². The molecule has 116 valence electrons. The van der Waals surface area contributed by atoms with Gasteiger partial charge in [0.2, 0.25) is 4.96 Å². The largest absolute Gasteiger partial charge is 0.378 e. The Balaban J connectivity index is 1.75. The molecule has 0 amide bonds. The molecule has 7 heteroatoms. The van der Waals surface area contributed by atoms with Gasteiger partial charge in [-0.1, -0.05) is 29.5 Å². The van der Waals surface area contributed by atoms with Crippen molar-refractivity contribution in [2.45, 2.75) is 20.4 Å². The minimum absolute atomic E-state index is 0.0749. The lowest BCUT2D eigenvalue weighted by Gasteiger charge is -2.01. The second kappa shape index (κ2) is 5.43. The fraction of sp³-hybridized carbons (Fsp3) is 0.188. The summed E-state index contributed by atoms with van der Waals surface area (Å²) in [5.41, 5.74) is 1.96. The molecule has 0 aliphatic carbocycles. The number of anilines is 1. The Hall–Kier alpha value is -2.25. The molecule has 0 radical (unpaired) electrons. The Morgan fingerprint density at radius 2 is 1.96 bits per heavy atom. The molecule has 0 saturated carbocycles. The standard InChI is InChI=1S/C16H14N4OS2/c1-9-10(2)22-14-13(9)15(21)20-16(18-14)23-12(19-20)8-17-11-6-4-3-5-7-11/h3-7,17H,8H2,1-2H3. The van der Waals surface area contributed by atoms with E-state index in [0.29, 0.717) is 16.9 Å². The van der Waals surface area contributed by atoms with Crippen molar-refractivity contribution in [2.75, 3.05) is 5.32 Å². The first-order valence-electron chi connectivity index (χ1n) is 7.21. The van der Waals surface area contributed by atoms with Gasteiger partial charge in [-0.3, -0.25) is 4.79 Å². The maximum atomic E-state index is 12.7. The first kappa shape index (κ1) is 14.3. The maximum Gasteiger partial charge on any atom is 0.284 e. The normalized spacial score (nSPS) is 11.4. The molecule has 0 bridgehead atoms. The summed E-state index contributed by atoms with van der Waals surface area (Å²) in [6.07, 6.45) is 0. The number of para-hydroxylation sites is 1. The lowest BCUT2D eigenvalue weighted by molar-refractivity contribution is 0.874. The summed E-state index contributed by atoms with van der Waals surface area (Å²) < 4.78 is 1.42. The predicted octanol–water partition coefficient (Wildman–Crippen LogP) is 3.59. The number of nitrogens with one attached hydrogen (secondary N) is 1. The van der Waals surface area contributed by atoms with E-state index in [1.165, 1.54) is 15.9 Å². The van der Waals surface area contributed by atoms with Crippen molar-refractivity contribution in [1.29, 1.82) is 0 Å². The molecule has 5 nitrogen and oxygen atoms in total. The highest BCUT2D eigenvalue weighted by molar-refractivity contribution is 7.19. The summed E-state index contributed by atoms with van der Waals surface area (Å²) in [6.45, 7) is 4.56. The number of fused-ring (bicyclic) bond motifs is 2. The number of hydrogen-bond acceptors (Lipinski definition) is 6. The van der Waals surface area contributed by atoms with Gasteiger partial charge >= 0.3 is 0 Å². The summed E-state index contributed by atoms with van der Waals surface area (Å²) in [4.78, 5) is 19.9. The van der Waals surface area contributed by atoms with Crippen LogP contribution >= 0.6 is 22.7 Å². The van der Waals surface area contributed by atoms with E-state index in [2.05, 4.69) is 15.4 Å². The van der Waals surface area contributed by atoms with Crippen molar-refractivity contribution in [3.05, 3.63) is 56.1 Å². The van der Waals surface area contributed by atoms with Crippen LogP contribution < -0.4 is 10.9 Å². The third-order valence-electron chi connectivity index (χ3n) is 3.79. The Kier molecular flexibility index (Phi) is 3.39. The van der Waals surface area contributed by atoms with Gasteiger partial charge in [0.15, 0.2) is 0 Å². The average Bonchev–Trinajstić information content (AvgIpc) is 3.08. The third kappa shape index (κ3) is 2.42. The van der Waals surface area contributed by atoms with Crippen molar-refractivity contribution < 1.29 is 0 Å². The number of aryl methyl sites for hydroxylation is 2. The minimum atomic E-state index is -0.0749. The van der Waals surface area contributed by atoms with Gasteiger partial charge in [-0.2, -0.15) is 9.61 Å². The number of aromatic nitrogens is 3. The molecule has 1 aromatic carbocycles. The van der Waals surface area contributed by atoms with E-state index in [4.69, 9.17) is 0 Å². The Morgan fingerprint density at radius 1 is 1.17 bits per heavy atom. The summed E-state index contributed by atoms with van der Waals surface area (Å²) in [7, 11) is 0. The van der Waals surface area contributed by atoms with Crippen molar-refractivity contribution in [3.63, 3.8) is 0 Å². The van der Waals surface area contributed by atoms with Gasteiger partial charge in [0.25, 0.3) is 5.56 Å². The summed E-state index contributed by atoms with van der Waals surface area (Å²) >= 11 is 3.01. The smallest absolute Gasteiger partial charge is 0.284 e. The molecule has 4 rings (SSSR count). The van der Waals surface area contributed by atoms with Crippen LogP contribution in [-0.4, -0.2) is 14.6 Å². The van der Waals surface area contributed by atoms with Crippen molar-refractivity contribution in [2.24, 2.45) is 0 Å². The molecule has 0 atom stereocenters. The summed E-state index contributed by atoms with van der Waals surface area (Å²) in [5, 5.41) is 9.27. The molecular weight excluding hydrogens is 328 g/mol. The molecule has 0 unspecified atom stereocenters. The minimum Gasteiger partial charge on any atom is -0.378 e. The van der Waals surface area contributed by atoms with Crippen LogP contribution in [0.1, 0.15) is 15.4 Å². The third-order valence-corrected chi connectivity index (χ3v) is 5.80. The van der Waals surface area contributed by atoms with Crippen molar-refractivity contribution in [1.82, 2.24) is 14.6 Å². The average molecular weight is 342 g/mol. The van der Waals surface area contributed by atoms with Gasteiger partial charge in [0, 0.05) is 10.6 Å². The molecule has 23 heavy (non-hydrogen) atoms. The van der Waals surface area contributed by atoms with Crippen LogP contribution in [0.4, 0.5) is 5.69 Å². The molecule has 1 N–H and O–H groups in total. The fourth-order valence-corrected chi connectivity index (χ4v) is 4.37. The predicted molar refractivity (Wildman–Crippen MR) is 95.8 cm³/mol. The molecule has 0 saturated heterocycles. The van der Waals surface area contributed by atoms with Crippen LogP contribution in [0.2, 0.25) is 0 Å². The SMILES string of the molecule is Cc1sc2nc3sc(CNc4ccccc4)nn3c(=O)c2c1C. The van der Waals surface area contributed by atoms with Gasteiger partial charge in [-0.25, -0.2) is 4.98 Å². The second-order valence-corrected chi connectivity index (χ2v) is 7.53. The van der Waals surface area contributed by atoms with E-state index in [9.17, 15) is 4.79 Å². The van der Waals surface area contributed by atoms with E-state index >= 15 is 0 Å². The second-order valence-electron chi connectivity index (χ2n) is 5.29. The topological polar surface area (TPSA) is 59.3 Å². The highest BCUT2D eigenvalue weighted by atomic mass is 32.1. The molecule has 4 aromatic rings. The van der Waals surface area contributed by atoms with Gasteiger partial charge in [0.05, 0.1) is 11.9 Å². The molecule has 3 heterocycles. The van der Waals surface area contributed by atoms with E-state index in [-0.39, 0.29) is 5.56 Å². The number of benzene rings is 1. The first-order chi connectivity index (χ1) is 11.1. The molecule has 0 aliphatic rings. The highest BCUT2D eigenvalue weighted by Gasteiger charge is 2.15.